The maximum absolute atomic E-state index is 13.7. The molecule has 154 valence electrons. The predicted octanol–water partition coefficient (Wildman–Crippen LogP) is 4.91. The predicted molar refractivity (Wildman–Crippen MR) is 118 cm³/mol. The molecule has 0 radical (unpaired) electrons. The van der Waals surface area contributed by atoms with Crippen molar-refractivity contribution in [2.45, 2.75) is 31.6 Å². The Morgan fingerprint density at radius 3 is 1.87 bits per heavy atom. The zero-order valence-electron chi connectivity index (χ0n) is 17.4. The van der Waals surface area contributed by atoms with E-state index < -0.39 is 11.8 Å². The van der Waals surface area contributed by atoms with Gasteiger partial charge in [0.2, 0.25) is 11.8 Å². The number of phenols is 1. The number of imide groups is 1. The SMILES string of the molecule is CC(C)c1ccc2c(c1)[C@@H]1c3ccccc3[C@@H]2[C@@H]2C(=O)N(c3ccc(O)cc3)C(=O)[C@H]12. The molecular formula is C27H23NO3. The molecule has 7 rings (SSSR count). The van der Waals surface area contributed by atoms with Gasteiger partial charge in [-0.2, -0.15) is 0 Å². The summed E-state index contributed by atoms with van der Waals surface area (Å²) in [7, 11) is 0. The van der Waals surface area contributed by atoms with Crippen LogP contribution >= 0.6 is 0 Å². The largest absolute Gasteiger partial charge is 0.508 e. The van der Waals surface area contributed by atoms with E-state index in [9.17, 15) is 14.7 Å². The molecule has 2 bridgehead atoms. The number of carbonyl (C=O) groups is 2. The molecule has 4 aliphatic rings. The molecule has 0 spiro atoms. The van der Waals surface area contributed by atoms with Gasteiger partial charge in [-0.25, -0.2) is 4.90 Å². The van der Waals surface area contributed by atoms with Gasteiger partial charge in [-0.1, -0.05) is 56.3 Å². The lowest BCUT2D eigenvalue weighted by atomic mass is 9.54. The van der Waals surface area contributed by atoms with Gasteiger partial charge in [-0.3, -0.25) is 9.59 Å². The van der Waals surface area contributed by atoms with E-state index in [1.807, 2.05) is 12.1 Å². The number of carbonyl (C=O) groups excluding carboxylic acids is 2. The summed E-state index contributed by atoms with van der Waals surface area (Å²) >= 11 is 0. The first kappa shape index (κ1) is 18.4. The first-order valence-corrected chi connectivity index (χ1v) is 10.9. The van der Waals surface area contributed by atoms with Crippen molar-refractivity contribution in [3.8, 4) is 5.75 Å². The van der Waals surface area contributed by atoms with Crippen LogP contribution in [-0.2, 0) is 9.59 Å². The second-order valence-corrected chi connectivity index (χ2v) is 9.21. The van der Waals surface area contributed by atoms with E-state index in [-0.39, 0.29) is 29.4 Å². The average Bonchev–Trinajstić information content (AvgIpc) is 3.05. The van der Waals surface area contributed by atoms with Crippen LogP contribution in [0.5, 0.6) is 5.75 Å². The van der Waals surface area contributed by atoms with Crippen molar-refractivity contribution in [2.75, 3.05) is 4.90 Å². The maximum atomic E-state index is 13.7. The van der Waals surface area contributed by atoms with Crippen molar-refractivity contribution >= 4 is 17.5 Å². The van der Waals surface area contributed by atoms with Crippen molar-refractivity contribution in [3.05, 3.63) is 94.5 Å². The number of amides is 2. The number of rotatable bonds is 2. The molecule has 4 atom stereocenters. The molecule has 4 nitrogen and oxygen atoms in total. The van der Waals surface area contributed by atoms with Gasteiger partial charge in [0.15, 0.2) is 0 Å². The Kier molecular flexibility index (Phi) is 3.73. The minimum Gasteiger partial charge on any atom is -0.508 e. The Bertz CT molecular complexity index is 1240. The zero-order chi connectivity index (χ0) is 21.4. The normalized spacial score (nSPS) is 25.6. The Hall–Kier alpha value is -3.40. The highest BCUT2D eigenvalue weighted by atomic mass is 16.3. The summed E-state index contributed by atoms with van der Waals surface area (Å²) in [4.78, 5) is 28.7. The second-order valence-electron chi connectivity index (χ2n) is 9.21. The molecule has 1 fully saturated rings. The topological polar surface area (TPSA) is 57.6 Å². The van der Waals surface area contributed by atoms with Gasteiger partial charge in [-0.05, 0) is 58.0 Å². The standard InChI is InChI=1S/C27H23NO3/c1-14(2)15-7-12-20-21(13-15)23-19-6-4-3-5-18(19)22(20)24-25(23)27(31)28(26(24)30)16-8-10-17(29)11-9-16/h3-14,22-25,29H,1-2H3/t22-,23-,24-,25+/m0/s1. The average molecular weight is 409 g/mol. The molecule has 3 aromatic carbocycles. The van der Waals surface area contributed by atoms with E-state index in [0.717, 1.165) is 0 Å². The first-order valence-electron chi connectivity index (χ1n) is 10.9. The molecule has 3 aromatic rings. The van der Waals surface area contributed by atoms with E-state index in [2.05, 4.69) is 44.2 Å². The summed E-state index contributed by atoms with van der Waals surface area (Å²) in [6, 6.07) is 21.2. The molecule has 0 aromatic heterocycles. The lowest BCUT2D eigenvalue weighted by molar-refractivity contribution is -0.122. The zero-order valence-corrected chi connectivity index (χ0v) is 17.4. The van der Waals surface area contributed by atoms with Crippen LogP contribution in [-0.4, -0.2) is 16.9 Å². The minimum absolute atomic E-state index is 0.110. The summed E-state index contributed by atoms with van der Waals surface area (Å²) in [6.45, 7) is 4.35. The van der Waals surface area contributed by atoms with Crippen LogP contribution in [0.15, 0.2) is 66.7 Å². The van der Waals surface area contributed by atoms with Crippen LogP contribution in [0.3, 0.4) is 0 Å². The van der Waals surface area contributed by atoms with Crippen molar-refractivity contribution in [2.24, 2.45) is 11.8 Å². The highest BCUT2D eigenvalue weighted by molar-refractivity contribution is 6.23. The number of hydrogen-bond donors (Lipinski definition) is 1. The van der Waals surface area contributed by atoms with E-state index in [0.29, 0.717) is 11.6 Å². The van der Waals surface area contributed by atoms with Gasteiger partial charge >= 0.3 is 0 Å². The molecule has 1 heterocycles. The van der Waals surface area contributed by atoms with Crippen LogP contribution in [0.4, 0.5) is 5.69 Å². The number of anilines is 1. The molecule has 1 saturated heterocycles. The molecular weight excluding hydrogens is 386 g/mol. The third kappa shape index (κ3) is 2.36. The van der Waals surface area contributed by atoms with Crippen molar-refractivity contribution < 1.29 is 14.7 Å². The van der Waals surface area contributed by atoms with Crippen LogP contribution in [0.2, 0.25) is 0 Å². The maximum Gasteiger partial charge on any atom is 0.238 e. The molecule has 31 heavy (non-hydrogen) atoms. The van der Waals surface area contributed by atoms with Gasteiger partial charge < -0.3 is 5.11 Å². The number of aromatic hydroxyl groups is 1. The Morgan fingerprint density at radius 2 is 1.29 bits per heavy atom. The first-order chi connectivity index (χ1) is 15.0. The van der Waals surface area contributed by atoms with Gasteiger partial charge in [-0.15, -0.1) is 0 Å². The summed E-state index contributed by atoms with van der Waals surface area (Å²) in [5, 5.41) is 9.65. The van der Waals surface area contributed by atoms with Gasteiger partial charge in [0.05, 0.1) is 17.5 Å². The summed E-state index contributed by atoms with van der Waals surface area (Å²) in [6.07, 6.45) is 0. The minimum atomic E-state index is -0.392. The van der Waals surface area contributed by atoms with E-state index >= 15 is 0 Å². The monoisotopic (exact) mass is 409 g/mol. The van der Waals surface area contributed by atoms with Crippen LogP contribution in [0.25, 0.3) is 0 Å². The molecule has 0 unspecified atom stereocenters. The lowest BCUT2D eigenvalue weighted by Gasteiger charge is -2.46. The van der Waals surface area contributed by atoms with Gasteiger partial charge in [0, 0.05) is 11.8 Å². The van der Waals surface area contributed by atoms with E-state index in [4.69, 9.17) is 0 Å². The lowest BCUT2D eigenvalue weighted by Crippen LogP contribution is -2.41. The fourth-order valence-electron chi connectivity index (χ4n) is 5.96. The number of nitrogens with zero attached hydrogens (tertiary/aromatic N) is 1. The fraction of sp³-hybridized carbons (Fsp3) is 0.259. The molecule has 3 aliphatic carbocycles. The van der Waals surface area contributed by atoms with E-state index in [1.54, 1.807) is 12.1 Å². The Morgan fingerprint density at radius 1 is 0.742 bits per heavy atom. The van der Waals surface area contributed by atoms with Crippen LogP contribution in [0.1, 0.15) is 59.4 Å². The van der Waals surface area contributed by atoms with Gasteiger partial charge in [0.25, 0.3) is 0 Å². The fourth-order valence-corrected chi connectivity index (χ4v) is 5.96. The highest BCUT2D eigenvalue weighted by Gasteiger charge is 2.61. The third-order valence-corrected chi connectivity index (χ3v) is 7.34. The third-order valence-electron chi connectivity index (χ3n) is 7.34. The Balaban J connectivity index is 1.56. The highest BCUT2D eigenvalue weighted by Crippen LogP contribution is 2.61. The summed E-state index contributed by atoms with van der Waals surface area (Å²) < 4.78 is 0. The summed E-state index contributed by atoms with van der Waals surface area (Å²) in [5.41, 5.74) is 6.51. The molecule has 0 saturated carbocycles. The molecule has 1 N–H and O–H groups in total. The van der Waals surface area contributed by atoms with Gasteiger partial charge in [0.1, 0.15) is 5.75 Å². The van der Waals surface area contributed by atoms with Crippen LogP contribution in [0, 0.1) is 11.8 Å². The summed E-state index contributed by atoms with van der Waals surface area (Å²) in [5.74, 6) is -0.767. The molecule has 4 heteroatoms. The van der Waals surface area contributed by atoms with Crippen molar-refractivity contribution in [1.82, 2.24) is 0 Å². The van der Waals surface area contributed by atoms with E-state index in [1.165, 1.54) is 44.8 Å². The van der Waals surface area contributed by atoms with Crippen molar-refractivity contribution in [3.63, 3.8) is 0 Å². The number of hydrogen-bond acceptors (Lipinski definition) is 3. The van der Waals surface area contributed by atoms with Crippen LogP contribution < -0.4 is 4.90 Å². The second kappa shape index (κ2) is 6.30. The Labute approximate surface area is 181 Å². The quantitative estimate of drug-likeness (QED) is 0.612. The molecule has 2 amide bonds. The van der Waals surface area contributed by atoms with Crippen molar-refractivity contribution in [1.29, 1.82) is 0 Å². The number of benzene rings is 3. The molecule has 1 aliphatic heterocycles. The smallest absolute Gasteiger partial charge is 0.238 e. The number of phenolic OH excluding ortho intramolecular Hbond substituents is 1.